The zero-order valence-electron chi connectivity index (χ0n) is 23.0. The first-order valence-corrected chi connectivity index (χ1v) is 14.0. The van der Waals surface area contributed by atoms with Crippen molar-refractivity contribution in [2.24, 2.45) is 44.8 Å². The van der Waals surface area contributed by atoms with Gasteiger partial charge in [-0.15, -0.1) is 0 Å². The van der Waals surface area contributed by atoms with E-state index in [1.165, 1.54) is 5.57 Å². The van der Waals surface area contributed by atoms with Crippen LogP contribution in [0.25, 0.3) is 0 Å². The monoisotopic (exact) mass is 502 g/mol. The van der Waals surface area contributed by atoms with Gasteiger partial charge in [0.25, 0.3) is 0 Å². The molecule has 1 aliphatic heterocycles. The highest BCUT2D eigenvalue weighted by Gasteiger charge is 2.69. The summed E-state index contributed by atoms with van der Waals surface area (Å²) in [5.41, 5.74) is -1.33. The lowest BCUT2D eigenvalue weighted by molar-refractivity contribution is -0.235. The maximum Gasteiger partial charge on any atom is 0.310 e. The van der Waals surface area contributed by atoms with Crippen molar-refractivity contribution in [2.45, 2.75) is 111 Å². The fourth-order valence-electron chi connectivity index (χ4n) is 9.95. The molecule has 6 heteroatoms. The maximum absolute atomic E-state index is 12.7. The van der Waals surface area contributed by atoms with Crippen molar-refractivity contribution < 1.29 is 29.6 Å². The molecule has 1 unspecified atom stereocenters. The van der Waals surface area contributed by atoms with Gasteiger partial charge in [-0.05, 0) is 92.3 Å². The molecule has 4 fully saturated rings. The molecule has 0 aromatic rings. The van der Waals surface area contributed by atoms with E-state index in [9.17, 15) is 24.9 Å². The Balaban J connectivity index is 1.55. The molecule has 4 aliphatic carbocycles. The molecule has 1 saturated heterocycles. The van der Waals surface area contributed by atoms with Gasteiger partial charge in [0, 0.05) is 5.41 Å². The van der Waals surface area contributed by atoms with Gasteiger partial charge in [-0.25, -0.2) is 0 Å². The van der Waals surface area contributed by atoms with Crippen molar-refractivity contribution in [2.75, 3.05) is 6.61 Å². The van der Waals surface area contributed by atoms with Gasteiger partial charge in [0.05, 0.1) is 30.1 Å². The van der Waals surface area contributed by atoms with Gasteiger partial charge >= 0.3 is 11.9 Å². The van der Waals surface area contributed by atoms with Crippen LogP contribution in [0, 0.1) is 44.8 Å². The highest BCUT2D eigenvalue weighted by molar-refractivity contribution is 5.76. The molecule has 9 atom stereocenters. The van der Waals surface area contributed by atoms with E-state index in [0.29, 0.717) is 12.8 Å². The van der Waals surface area contributed by atoms with E-state index in [2.05, 4.69) is 33.8 Å². The number of hydrogen-bond donors (Lipinski definition) is 3. The second-order valence-electron chi connectivity index (χ2n) is 14.8. The molecular weight excluding hydrogens is 456 g/mol. The number of carboxylic acids is 1. The summed E-state index contributed by atoms with van der Waals surface area (Å²) in [4.78, 5) is 24.6. The second kappa shape index (κ2) is 7.81. The minimum atomic E-state index is -1.05. The highest BCUT2D eigenvalue weighted by atomic mass is 16.5. The fourth-order valence-corrected chi connectivity index (χ4v) is 9.95. The van der Waals surface area contributed by atoms with Gasteiger partial charge in [-0.2, -0.15) is 0 Å². The Labute approximate surface area is 215 Å². The SMILES string of the molecule is CC1(C)CC[C@]2(C(=O)O)CC[C@]3(C)C(=CC[C@@H]4C(C)(O)[C@H]([C@]5(C)COC(=O)C[C@@H]5O)CC[C@]43C)[C@@H]2C1. The van der Waals surface area contributed by atoms with E-state index in [-0.39, 0.29) is 53.0 Å². The smallest absolute Gasteiger partial charge is 0.310 e. The number of rotatable bonds is 2. The standard InChI is InChI=1S/C30H46O6/c1-25(2)11-13-30(24(33)34)14-12-27(4)18(19(30)16-25)7-8-21-28(27,5)10-9-20(29(21,6)35)26(3)17-36-23(32)15-22(26)31/h7,19-22,31,35H,8-17H2,1-6H3,(H,33,34)/t19-,20-,21-,22-,26-,27+,28+,29?,30-/m0/s1. The average molecular weight is 503 g/mol. The number of fused-ring (bicyclic) bond motifs is 5. The summed E-state index contributed by atoms with van der Waals surface area (Å²) < 4.78 is 5.41. The van der Waals surface area contributed by atoms with Crippen LogP contribution in [-0.2, 0) is 14.3 Å². The van der Waals surface area contributed by atoms with Crippen LogP contribution in [0.15, 0.2) is 11.6 Å². The summed E-state index contributed by atoms with van der Waals surface area (Å²) in [5, 5.41) is 33.7. The summed E-state index contributed by atoms with van der Waals surface area (Å²) in [5.74, 6) is -1.19. The van der Waals surface area contributed by atoms with Gasteiger partial charge in [0.1, 0.15) is 0 Å². The lowest BCUT2D eigenvalue weighted by Crippen LogP contribution is -2.67. The molecule has 36 heavy (non-hydrogen) atoms. The molecule has 5 aliphatic rings. The lowest BCUT2D eigenvalue weighted by Gasteiger charge is -2.69. The number of hydrogen-bond acceptors (Lipinski definition) is 5. The summed E-state index contributed by atoms with van der Waals surface area (Å²) in [6, 6.07) is 0. The van der Waals surface area contributed by atoms with Crippen molar-refractivity contribution >= 4 is 11.9 Å². The van der Waals surface area contributed by atoms with Gasteiger partial charge in [-0.1, -0.05) is 46.3 Å². The van der Waals surface area contributed by atoms with E-state index >= 15 is 0 Å². The predicted octanol–water partition coefficient (Wildman–Crippen LogP) is 5.11. The first-order chi connectivity index (χ1) is 16.5. The van der Waals surface area contributed by atoms with E-state index in [4.69, 9.17) is 4.74 Å². The van der Waals surface area contributed by atoms with Crippen LogP contribution in [0.2, 0.25) is 0 Å². The Bertz CT molecular complexity index is 997. The molecule has 0 aromatic heterocycles. The summed E-state index contributed by atoms with van der Waals surface area (Å²) >= 11 is 0. The van der Waals surface area contributed by atoms with E-state index in [1.54, 1.807) is 0 Å². The van der Waals surface area contributed by atoms with Crippen LogP contribution in [0.5, 0.6) is 0 Å². The van der Waals surface area contributed by atoms with Crippen molar-refractivity contribution in [1.29, 1.82) is 0 Å². The first kappa shape index (κ1) is 26.2. The van der Waals surface area contributed by atoms with Crippen molar-refractivity contribution in [3.05, 3.63) is 11.6 Å². The van der Waals surface area contributed by atoms with Gasteiger partial charge in [0.15, 0.2) is 0 Å². The number of carbonyl (C=O) groups excluding carboxylic acids is 1. The number of esters is 1. The Kier molecular flexibility index (Phi) is 5.69. The molecule has 202 valence electrons. The summed E-state index contributed by atoms with van der Waals surface area (Å²) in [7, 11) is 0. The molecule has 0 amide bonds. The number of ether oxygens (including phenoxy) is 1. The maximum atomic E-state index is 12.7. The van der Waals surface area contributed by atoms with Crippen LogP contribution >= 0.6 is 0 Å². The second-order valence-corrected chi connectivity index (χ2v) is 14.8. The van der Waals surface area contributed by atoms with Gasteiger partial charge in [-0.3, -0.25) is 9.59 Å². The lowest BCUT2D eigenvalue weighted by atomic mass is 9.36. The number of aliphatic hydroxyl groups excluding tert-OH is 1. The number of aliphatic carboxylic acids is 1. The molecule has 0 spiro atoms. The highest BCUT2D eigenvalue weighted by Crippen LogP contribution is 2.73. The third-order valence-corrected chi connectivity index (χ3v) is 12.6. The van der Waals surface area contributed by atoms with Crippen LogP contribution in [-0.4, -0.2) is 45.6 Å². The van der Waals surface area contributed by atoms with Crippen LogP contribution in [0.3, 0.4) is 0 Å². The molecule has 0 bridgehead atoms. The normalized spacial score (nSPS) is 52.2. The largest absolute Gasteiger partial charge is 0.481 e. The average Bonchev–Trinajstić information content (AvgIpc) is 2.76. The van der Waals surface area contributed by atoms with E-state index in [1.807, 2.05) is 13.8 Å². The van der Waals surface area contributed by atoms with E-state index < -0.39 is 28.5 Å². The van der Waals surface area contributed by atoms with Crippen molar-refractivity contribution in [3.8, 4) is 0 Å². The molecule has 1 heterocycles. The molecule has 6 nitrogen and oxygen atoms in total. The van der Waals surface area contributed by atoms with Gasteiger partial charge in [0.2, 0.25) is 0 Å². The molecule has 3 saturated carbocycles. The molecular formula is C30H46O6. The third-order valence-electron chi connectivity index (χ3n) is 12.6. The third kappa shape index (κ3) is 3.28. The minimum Gasteiger partial charge on any atom is -0.481 e. The quantitative estimate of drug-likeness (QED) is 0.358. The summed E-state index contributed by atoms with van der Waals surface area (Å²) in [6.07, 6.45) is 7.91. The van der Waals surface area contributed by atoms with E-state index in [0.717, 1.165) is 38.5 Å². The fraction of sp³-hybridized carbons (Fsp3) is 0.867. The summed E-state index contributed by atoms with van der Waals surface area (Å²) in [6.45, 7) is 13.3. The Morgan fingerprint density at radius 3 is 2.31 bits per heavy atom. The molecule has 5 rings (SSSR count). The van der Waals surface area contributed by atoms with Crippen LogP contribution in [0.4, 0.5) is 0 Å². The molecule has 3 N–H and O–H groups in total. The number of allylic oxidation sites excluding steroid dienone is 2. The Morgan fingerprint density at radius 1 is 1.00 bits per heavy atom. The zero-order valence-corrected chi connectivity index (χ0v) is 23.0. The zero-order chi connectivity index (χ0) is 26.5. The minimum absolute atomic E-state index is 0.0203. The topological polar surface area (TPSA) is 104 Å². The van der Waals surface area contributed by atoms with Crippen LogP contribution < -0.4 is 0 Å². The predicted molar refractivity (Wildman–Crippen MR) is 136 cm³/mol. The molecule has 0 aromatic carbocycles. The number of cyclic esters (lactones) is 1. The first-order valence-electron chi connectivity index (χ1n) is 14.0. The van der Waals surface area contributed by atoms with Crippen molar-refractivity contribution in [3.63, 3.8) is 0 Å². The Hall–Kier alpha value is -1.40. The van der Waals surface area contributed by atoms with Crippen molar-refractivity contribution in [1.82, 2.24) is 0 Å². The number of carboxylic acid groups (broad SMARTS) is 1. The Morgan fingerprint density at radius 2 is 1.67 bits per heavy atom. The number of aliphatic hydroxyl groups is 2. The number of carbonyl (C=O) groups is 2. The van der Waals surface area contributed by atoms with Crippen LogP contribution in [0.1, 0.15) is 99.3 Å². The molecule has 0 radical (unpaired) electrons. The van der Waals surface area contributed by atoms with Gasteiger partial charge < -0.3 is 20.1 Å².